The molecule has 2 fully saturated rings. The molecule has 1 spiro atoms. The van der Waals surface area contributed by atoms with E-state index in [0.717, 1.165) is 39.0 Å². The molecule has 0 amide bonds. The van der Waals surface area contributed by atoms with E-state index < -0.39 is 0 Å². The molecule has 2 aliphatic heterocycles. The normalized spacial score (nSPS) is 24.9. The van der Waals surface area contributed by atoms with Crippen LogP contribution >= 0.6 is 0 Å². The van der Waals surface area contributed by atoms with E-state index in [-0.39, 0.29) is 5.60 Å². The van der Waals surface area contributed by atoms with Crippen LogP contribution in [0.3, 0.4) is 0 Å². The van der Waals surface area contributed by atoms with E-state index in [1.165, 1.54) is 23.0 Å². The molecule has 0 radical (unpaired) electrons. The summed E-state index contributed by atoms with van der Waals surface area (Å²) in [7, 11) is 2.10. The Morgan fingerprint density at radius 3 is 3.10 bits per heavy atom. The first-order chi connectivity index (χ1) is 10.3. The monoisotopic (exact) mass is 285 g/mol. The number of hydrogen-bond acceptors (Lipinski definition) is 3. The third-order valence-corrected chi connectivity index (χ3v) is 5.14. The maximum atomic E-state index is 6.22. The van der Waals surface area contributed by atoms with Gasteiger partial charge in [-0.05, 0) is 56.8 Å². The van der Waals surface area contributed by atoms with Crippen LogP contribution in [0, 0.1) is 5.92 Å². The van der Waals surface area contributed by atoms with E-state index in [1.807, 2.05) is 6.20 Å². The molecule has 4 heterocycles. The second-order valence-electron chi connectivity index (χ2n) is 6.64. The number of aryl methyl sites for hydroxylation is 1. The first-order valence-corrected chi connectivity index (χ1v) is 7.99. The van der Waals surface area contributed by atoms with Crippen LogP contribution in [0.15, 0.2) is 24.5 Å². The fourth-order valence-corrected chi connectivity index (χ4v) is 4.05. The molecule has 0 unspecified atom stereocenters. The number of ether oxygens (including phenoxy) is 1. The van der Waals surface area contributed by atoms with E-state index in [1.54, 1.807) is 0 Å². The first kappa shape index (κ1) is 13.3. The quantitative estimate of drug-likeness (QED) is 0.920. The lowest BCUT2D eigenvalue weighted by molar-refractivity contribution is -0.0196. The molecule has 4 heteroatoms. The van der Waals surface area contributed by atoms with E-state index in [0.29, 0.717) is 5.92 Å². The molecule has 0 bridgehead atoms. The SMILES string of the molecule is Cn1ccc2ccnc(C[C@H]3COC4(CCNCC4)C3)c21. The lowest BCUT2D eigenvalue weighted by atomic mass is 9.84. The van der Waals surface area contributed by atoms with Crippen LogP contribution in [-0.4, -0.2) is 34.8 Å². The highest BCUT2D eigenvalue weighted by Gasteiger charge is 2.41. The number of fused-ring (bicyclic) bond motifs is 1. The zero-order valence-electron chi connectivity index (χ0n) is 12.6. The molecule has 1 atom stereocenters. The third kappa shape index (κ3) is 2.36. The maximum absolute atomic E-state index is 6.22. The molecule has 2 aliphatic rings. The molecule has 0 aliphatic carbocycles. The third-order valence-electron chi connectivity index (χ3n) is 5.14. The van der Waals surface area contributed by atoms with Crippen molar-refractivity contribution in [3.8, 4) is 0 Å². The summed E-state index contributed by atoms with van der Waals surface area (Å²) in [4.78, 5) is 4.65. The highest BCUT2D eigenvalue weighted by molar-refractivity contribution is 5.81. The van der Waals surface area contributed by atoms with E-state index >= 15 is 0 Å². The van der Waals surface area contributed by atoms with Crippen molar-refractivity contribution in [1.29, 1.82) is 0 Å². The minimum atomic E-state index is 0.151. The summed E-state index contributed by atoms with van der Waals surface area (Å²) in [6.45, 7) is 3.08. The van der Waals surface area contributed by atoms with Crippen LogP contribution in [0.2, 0.25) is 0 Å². The molecule has 2 aromatic rings. The Kier molecular flexibility index (Phi) is 3.23. The topological polar surface area (TPSA) is 39.1 Å². The van der Waals surface area contributed by atoms with Crippen molar-refractivity contribution in [3.63, 3.8) is 0 Å². The number of hydrogen-bond donors (Lipinski definition) is 1. The molecule has 0 aromatic carbocycles. The number of piperidine rings is 1. The molecule has 112 valence electrons. The minimum absolute atomic E-state index is 0.151. The summed E-state index contributed by atoms with van der Waals surface area (Å²) in [5.41, 5.74) is 2.65. The average molecular weight is 285 g/mol. The van der Waals surface area contributed by atoms with Gasteiger partial charge in [-0.25, -0.2) is 0 Å². The molecule has 2 aromatic heterocycles. The Morgan fingerprint density at radius 1 is 1.38 bits per heavy atom. The second kappa shape index (κ2) is 5.11. The van der Waals surface area contributed by atoms with Crippen molar-refractivity contribution in [3.05, 3.63) is 30.2 Å². The Balaban J connectivity index is 1.54. The number of nitrogens with zero attached hydrogens (tertiary/aromatic N) is 2. The highest BCUT2D eigenvalue weighted by atomic mass is 16.5. The van der Waals surface area contributed by atoms with Gasteiger partial charge < -0.3 is 14.6 Å². The van der Waals surface area contributed by atoms with Crippen molar-refractivity contribution in [2.75, 3.05) is 19.7 Å². The van der Waals surface area contributed by atoms with Crippen LogP contribution in [0.5, 0.6) is 0 Å². The Hall–Kier alpha value is -1.39. The standard InChI is InChI=1S/C17H23N3O/c1-20-9-3-14-2-6-19-15(16(14)20)10-13-11-17(21-12-13)4-7-18-8-5-17/h2-3,6,9,13,18H,4-5,7-8,10-12H2,1H3/t13-/m1/s1. The molecular formula is C17H23N3O. The molecule has 4 rings (SSSR count). The predicted molar refractivity (Wildman–Crippen MR) is 83.3 cm³/mol. The van der Waals surface area contributed by atoms with Crippen LogP contribution in [0.1, 0.15) is 25.0 Å². The van der Waals surface area contributed by atoms with Gasteiger partial charge in [-0.3, -0.25) is 4.98 Å². The number of pyridine rings is 1. The summed E-state index contributed by atoms with van der Waals surface area (Å²) < 4.78 is 8.40. The minimum Gasteiger partial charge on any atom is -0.375 e. The van der Waals surface area contributed by atoms with Gasteiger partial charge in [-0.15, -0.1) is 0 Å². The number of aromatic nitrogens is 2. The highest BCUT2D eigenvalue weighted by Crippen LogP contribution is 2.38. The lowest BCUT2D eigenvalue weighted by Crippen LogP contribution is -2.41. The van der Waals surface area contributed by atoms with Crippen molar-refractivity contribution >= 4 is 10.9 Å². The smallest absolute Gasteiger partial charge is 0.0710 e. The fraction of sp³-hybridized carbons (Fsp3) is 0.588. The van der Waals surface area contributed by atoms with Crippen LogP contribution in [-0.2, 0) is 18.2 Å². The zero-order valence-corrected chi connectivity index (χ0v) is 12.6. The summed E-state index contributed by atoms with van der Waals surface area (Å²) in [5, 5.41) is 4.72. The fourth-order valence-electron chi connectivity index (χ4n) is 4.05. The lowest BCUT2D eigenvalue weighted by Gasteiger charge is -2.33. The van der Waals surface area contributed by atoms with E-state index in [4.69, 9.17) is 4.74 Å². The van der Waals surface area contributed by atoms with Gasteiger partial charge in [0.2, 0.25) is 0 Å². The number of rotatable bonds is 2. The Bertz CT molecular complexity index is 643. The van der Waals surface area contributed by atoms with Crippen molar-refractivity contribution in [2.24, 2.45) is 13.0 Å². The molecule has 21 heavy (non-hydrogen) atoms. The largest absolute Gasteiger partial charge is 0.375 e. The molecule has 0 saturated carbocycles. The molecular weight excluding hydrogens is 262 g/mol. The van der Waals surface area contributed by atoms with Gasteiger partial charge in [0.15, 0.2) is 0 Å². The summed E-state index contributed by atoms with van der Waals surface area (Å²) in [6, 6.07) is 4.26. The number of nitrogens with one attached hydrogen (secondary N) is 1. The van der Waals surface area contributed by atoms with Crippen LogP contribution < -0.4 is 5.32 Å². The van der Waals surface area contributed by atoms with Gasteiger partial charge >= 0.3 is 0 Å². The maximum Gasteiger partial charge on any atom is 0.0710 e. The van der Waals surface area contributed by atoms with Crippen LogP contribution in [0.4, 0.5) is 0 Å². The van der Waals surface area contributed by atoms with Gasteiger partial charge in [-0.2, -0.15) is 0 Å². The van der Waals surface area contributed by atoms with E-state index in [2.05, 4.69) is 40.2 Å². The summed E-state index contributed by atoms with van der Waals surface area (Å²) >= 11 is 0. The summed E-state index contributed by atoms with van der Waals surface area (Å²) in [5.74, 6) is 0.607. The van der Waals surface area contributed by atoms with Gasteiger partial charge in [-0.1, -0.05) is 0 Å². The van der Waals surface area contributed by atoms with Gasteiger partial charge in [0.25, 0.3) is 0 Å². The first-order valence-electron chi connectivity index (χ1n) is 7.99. The second-order valence-corrected chi connectivity index (χ2v) is 6.64. The Morgan fingerprint density at radius 2 is 2.24 bits per heavy atom. The van der Waals surface area contributed by atoms with Crippen molar-refractivity contribution < 1.29 is 4.74 Å². The Labute approximate surface area is 125 Å². The molecule has 4 nitrogen and oxygen atoms in total. The summed E-state index contributed by atoms with van der Waals surface area (Å²) in [6.07, 6.45) is 8.60. The molecule has 2 saturated heterocycles. The van der Waals surface area contributed by atoms with Crippen LogP contribution in [0.25, 0.3) is 10.9 Å². The van der Waals surface area contributed by atoms with Crippen molar-refractivity contribution in [2.45, 2.75) is 31.3 Å². The van der Waals surface area contributed by atoms with Gasteiger partial charge in [0.05, 0.1) is 23.4 Å². The van der Waals surface area contributed by atoms with E-state index in [9.17, 15) is 0 Å². The predicted octanol–water partition coefficient (Wildman–Crippen LogP) is 2.27. The average Bonchev–Trinajstić information content (AvgIpc) is 3.06. The van der Waals surface area contributed by atoms with Crippen molar-refractivity contribution in [1.82, 2.24) is 14.9 Å². The van der Waals surface area contributed by atoms with Gasteiger partial charge in [0, 0.05) is 24.8 Å². The van der Waals surface area contributed by atoms with Gasteiger partial charge in [0.1, 0.15) is 0 Å². The molecule has 1 N–H and O–H groups in total. The zero-order chi connectivity index (χ0) is 14.3.